The lowest BCUT2D eigenvalue weighted by atomic mass is 10.1. The lowest BCUT2D eigenvalue weighted by molar-refractivity contribution is 0.0955. The number of nitrogens with zero attached hydrogens (tertiary/aromatic N) is 2. The van der Waals surface area contributed by atoms with E-state index in [-0.39, 0.29) is 5.91 Å². The fourth-order valence-corrected chi connectivity index (χ4v) is 2.79. The lowest BCUT2D eigenvalue weighted by Gasteiger charge is -2.02. The van der Waals surface area contributed by atoms with Crippen molar-refractivity contribution in [1.82, 2.24) is 15.6 Å². The average molecular weight is 397 g/mol. The van der Waals surface area contributed by atoms with E-state index >= 15 is 0 Å². The van der Waals surface area contributed by atoms with Crippen LogP contribution in [-0.2, 0) is 6.42 Å². The summed E-state index contributed by atoms with van der Waals surface area (Å²) in [6, 6.07) is 15.4. The highest BCUT2D eigenvalue weighted by Crippen LogP contribution is 2.20. The molecule has 0 unspecified atom stereocenters. The number of aromatic amines is 1. The number of hydrogen-bond donors (Lipinski definition) is 2. The van der Waals surface area contributed by atoms with Crippen LogP contribution in [0.15, 0.2) is 64.3 Å². The molecule has 126 valence electrons. The summed E-state index contributed by atoms with van der Waals surface area (Å²) in [5, 5.41) is 11.1. The fraction of sp³-hybridized carbons (Fsp3) is 0.105. The number of amides is 1. The number of rotatable bonds is 5. The molecule has 0 saturated heterocycles. The van der Waals surface area contributed by atoms with Crippen molar-refractivity contribution < 1.29 is 4.79 Å². The fourth-order valence-electron chi connectivity index (χ4n) is 2.39. The maximum absolute atomic E-state index is 12.1. The Hall–Kier alpha value is -2.73. The summed E-state index contributed by atoms with van der Waals surface area (Å²) in [6.45, 7) is 2.12. The third-order valence-electron chi connectivity index (χ3n) is 3.78. The van der Waals surface area contributed by atoms with Crippen molar-refractivity contribution in [2.75, 3.05) is 0 Å². The number of H-pyrrole nitrogens is 1. The molecular formula is C19H17BrN4O. The van der Waals surface area contributed by atoms with Gasteiger partial charge in [-0.3, -0.25) is 9.89 Å². The van der Waals surface area contributed by atoms with Crippen molar-refractivity contribution in [3.63, 3.8) is 0 Å². The zero-order chi connectivity index (χ0) is 17.6. The second-order valence-corrected chi connectivity index (χ2v) is 6.38. The van der Waals surface area contributed by atoms with E-state index in [0.29, 0.717) is 5.56 Å². The standard InChI is InChI=1S/C19H17BrN4O/c1-2-13-6-8-14(9-7-13)18-16(11-21-23-18)12-22-24-19(25)15-4-3-5-17(20)10-15/h3-12H,2H2,1H3,(H,21,23)(H,24,25)/b22-12-. The predicted octanol–water partition coefficient (Wildman–Crippen LogP) is 4.17. The Labute approximate surface area is 154 Å². The summed E-state index contributed by atoms with van der Waals surface area (Å²) in [5.74, 6) is -0.269. The van der Waals surface area contributed by atoms with Gasteiger partial charge in [-0.1, -0.05) is 53.2 Å². The van der Waals surface area contributed by atoms with Crippen molar-refractivity contribution in [2.24, 2.45) is 5.10 Å². The quantitative estimate of drug-likeness (QED) is 0.501. The first-order valence-corrected chi connectivity index (χ1v) is 8.68. The molecule has 2 aromatic carbocycles. The van der Waals surface area contributed by atoms with Crippen molar-refractivity contribution in [3.8, 4) is 11.3 Å². The first kappa shape index (κ1) is 17.1. The largest absolute Gasteiger partial charge is 0.277 e. The van der Waals surface area contributed by atoms with E-state index in [4.69, 9.17) is 0 Å². The summed E-state index contributed by atoms with van der Waals surface area (Å²) in [7, 11) is 0. The van der Waals surface area contributed by atoms with Crippen LogP contribution in [0, 0.1) is 0 Å². The van der Waals surface area contributed by atoms with E-state index in [9.17, 15) is 4.79 Å². The summed E-state index contributed by atoms with van der Waals surface area (Å²) in [5.41, 5.74) is 7.03. The summed E-state index contributed by atoms with van der Waals surface area (Å²) in [4.78, 5) is 12.1. The molecule has 0 bridgehead atoms. The summed E-state index contributed by atoms with van der Waals surface area (Å²) in [6.07, 6.45) is 4.26. The van der Waals surface area contributed by atoms with E-state index in [2.05, 4.69) is 55.7 Å². The van der Waals surface area contributed by atoms with E-state index in [1.54, 1.807) is 30.6 Å². The minimum atomic E-state index is -0.269. The minimum absolute atomic E-state index is 0.269. The number of hydrogen-bond acceptors (Lipinski definition) is 3. The number of carbonyl (C=O) groups excluding carboxylic acids is 1. The molecular weight excluding hydrogens is 380 g/mol. The first-order valence-electron chi connectivity index (χ1n) is 7.89. The SMILES string of the molecule is CCc1ccc(-c2[nH]ncc2/C=N\NC(=O)c2cccc(Br)c2)cc1. The van der Waals surface area contributed by atoms with Crippen molar-refractivity contribution >= 4 is 28.1 Å². The van der Waals surface area contributed by atoms with Crippen LogP contribution in [-0.4, -0.2) is 22.3 Å². The van der Waals surface area contributed by atoms with Crippen LogP contribution in [0.4, 0.5) is 0 Å². The summed E-state index contributed by atoms with van der Waals surface area (Å²) >= 11 is 3.34. The number of hydrazone groups is 1. The molecule has 0 fully saturated rings. The van der Waals surface area contributed by atoms with Crippen LogP contribution < -0.4 is 5.43 Å². The topological polar surface area (TPSA) is 70.1 Å². The van der Waals surface area contributed by atoms with Crippen LogP contribution >= 0.6 is 15.9 Å². The van der Waals surface area contributed by atoms with Gasteiger partial charge in [-0.15, -0.1) is 0 Å². The molecule has 0 radical (unpaired) electrons. The Morgan fingerprint density at radius 3 is 2.80 bits per heavy atom. The number of aryl methyl sites for hydroxylation is 1. The number of aromatic nitrogens is 2. The van der Waals surface area contributed by atoms with Gasteiger partial charge in [0.2, 0.25) is 0 Å². The third kappa shape index (κ3) is 4.22. The Morgan fingerprint density at radius 2 is 2.08 bits per heavy atom. The lowest BCUT2D eigenvalue weighted by Crippen LogP contribution is -2.17. The molecule has 2 N–H and O–H groups in total. The van der Waals surface area contributed by atoms with E-state index < -0.39 is 0 Å². The van der Waals surface area contributed by atoms with E-state index in [0.717, 1.165) is 27.7 Å². The second-order valence-electron chi connectivity index (χ2n) is 5.46. The smallest absolute Gasteiger partial charge is 0.271 e. The Kier molecular flexibility index (Phi) is 5.40. The molecule has 6 heteroatoms. The number of benzene rings is 2. The molecule has 25 heavy (non-hydrogen) atoms. The molecule has 1 aromatic heterocycles. The summed E-state index contributed by atoms with van der Waals surface area (Å²) < 4.78 is 0.844. The van der Waals surface area contributed by atoms with Gasteiger partial charge in [0.25, 0.3) is 5.91 Å². The molecule has 3 aromatic rings. The minimum Gasteiger partial charge on any atom is -0.277 e. The maximum Gasteiger partial charge on any atom is 0.271 e. The zero-order valence-corrected chi connectivity index (χ0v) is 15.2. The Morgan fingerprint density at radius 1 is 1.28 bits per heavy atom. The highest BCUT2D eigenvalue weighted by Gasteiger charge is 2.07. The van der Waals surface area contributed by atoms with Crippen LogP contribution in [0.25, 0.3) is 11.3 Å². The van der Waals surface area contributed by atoms with Crippen molar-refractivity contribution in [2.45, 2.75) is 13.3 Å². The third-order valence-corrected chi connectivity index (χ3v) is 4.27. The number of nitrogens with one attached hydrogen (secondary N) is 2. The van der Waals surface area contributed by atoms with Crippen LogP contribution in [0.3, 0.4) is 0 Å². The molecule has 1 heterocycles. The zero-order valence-electron chi connectivity index (χ0n) is 13.7. The average Bonchev–Trinajstić information content (AvgIpc) is 3.10. The van der Waals surface area contributed by atoms with Crippen LogP contribution in [0.2, 0.25) is 0 Å². The Balaban J connectivity index is 1.72. The van der Waals surface area contributed by atoms with Crippen molar-refractivity contribution in [3.05, 3.63) is 75.9 Å². The highest BCUT2D eigenvalue weighted by atomic mass is 79.9. The van der Waals surface area contributed by atoms with Crippen molar-refractivity contribution in [1.29, 1.82) is 0 Å². The van der Waals surface area contributed by atoms with Gasteiger partial charge in [-0.2, -0.15) is 10.2 Å². The normalized spacial score (nSPS) is 11.0. The molecule has 1 amide bonds. The highest BCUT2D eigenvalue weighted by molar-refractivity contribution is 9.10. The predicted molar refractivity (Wildman–Crippen MR) is 103 cm³/mol. The second kappa shape index (κ2) is 7.90. The van der Waals surface area contributed by atoms with Gasteiger partial charge in [-0.05, 0) is 30.2 Å². The molecule has 0 spiro atoms. The van der Waals surface area contributed by atoms with Gasteiger partial charge in [0.1, 0.15) is 0 Å². The molecule has 3 rings (SSSR count). The van der Waals surface area contributed by atoms with Gasteiger partial charge in [-0.25, -0.2) is 5.43 Å². The monoisotopic (exact) mass is 396 g/mol. The Bertz CT molecular complexity index is 900. The number of halogens is 1. The van der Waals surface area contributed by atoms with Crippen LogP contribution in [0.5, 0.6) is 0 Å². The maximum atomic E-state index is 12.1. The van der Waals surface area contributed by atoms with Gasteiger partial charge in [0.05, 0.1) is 18.1 Å². The molecule has 0 aliphatic carbocycles. The number of carbonyl (C=O) groups is 1. The van der Waals surface area contributed by atoms with Gasteiger partial charge >= 0.3 is 0 Å². The van der Waals surface area contributed by atoms with E-state index in [1.807, 2.05) is 18.2 Å². The van der Waals surface area contributed by atoms with E-state index in [1.165, 1.54) is 5.56 Å². The molecule has 0 atom stereocenters. The first-order chi connectivity index (χ1) is 12.2. The molecule has 0 aliphatic rings. The van der Waals surface area contributed by atoms with Crippen LogP contribution in [0.1, 0.15) is 28.4 Å². The molecule has 0 saturated carbocycles. The molecule has 0 aliphatic heterocycles. The van der Waals surface area contributed by atoms with Gasteiger partial charge in [0.15, 0.2) is 0 Å². The van der Waals surface area contributed by atoms with Gasteiger partial charge < -0.3 is 0 Å². The molecule has 5 nitrogen and oxygen atoms in total. The van der Waals surface area contributed by atoms with Gasteiger partial charge in [0, 0.05) is 21.2 Å².